The minimum Gasteiger partial charge on any atom is -0.0623 e. The number of nitrogens with zero attached hydrogens (tertiary/aromatic N) is 3. The first kappa shape index (κ1) is 19.3. The Labute approximate surface area is 145 Å². The van der Waals surface area contributed by atoms with Crippen molar-refractivity contribution >= 4 is 20.9 Å². The van der Waals surface area contributed by atoms with Crippen molar-refractivity contribution in [3.63, 3.8) is 0 Å². The van der Waals surface area contributed by atoms with Crippen LogP contribution in [0.4, 0.5) is 0 Å². The number of aromatic nitrogens is 3. The van der Waals surface area contributed by atoms with Gasteiger partial charge in [0.2, 0.25) is 0 Å². The van der Waals surface area contributed by atoms with Gasteiger partial charge in [0.25, 0.3) is 0 Å². The first-order valence-electron chi connectivity index (χ1n) is 7.55. The summed E-state index contributed by atoms with van der Waals surface area (Å²) in [4.78, 5) is 11.4. The average Bonchev–Trinajstić information content (AvgIpc) is 2.75. The van der Waals surface area contributed by atoms with Crippen LogP contribution < -0.4 is 0 Å². The van der Waals surface area contributed by atoms with E-state index in [1.54, 1.807) is 37.9 Å². The van der Waals surface area contributed by atoms with E-state index in [1.165, 1.54) is 0 Å². The van der Waals surface area contributed by atoms with Crippen LogP contribution >= 0.6 is 0 Å². The van der Waals surface area contributed by atoms with Crippen LogP contribution in [-0.2, 0) is 0 Å². The van der Waals surface area contributed by atoms with Gasteiger partial charge in [0, 0.05) is 0 Å². The first-order chi connectivity index (χ1) is 12.0. The van der Waals surface area contributed by atoms with Crippen LogP contribution in [-0.4, -0.2) is 35.7 Å². The maximum Gasteiger partial charge on any atom is -0.0623 e. The number of rotatable bonds is 0. The van der Waals surface area contributed by atoms with Gasteiger partial charge < -0.3 is 0 Å². The van der Waals surface area contributed by atoms with Crippen molar-refractivity contribution in [3.8, 4) is 0 Å². The van der Waals surface area contributed by atoms with Gasteiger partial charge >= 0.3 is 109 Å². The summed E-state index contributed by atoms with van der Waals surface area (Å²) < 4.78 is 0. The van der Waals surface area contributed by atoms with Crippen LogP contribution in [0.1, 0.15) is 0 Å². The van der Waals surface area contributed by atoms with Crippen LogP contribution in [0, 0.1) is 0 Å². The Morgan fingerprint density at radius 1 is 0.458 bits per heavy atom. The van der Waals surface area contributed by atoms with Crippen molar-refractivity contribution in [3.05, 3.63) is 109 Å². The summed E-state index contributed by atoms with van der Waals surface area (Å²) in [5, 5.41) is 0. The molecule has 4 rings (SSSR count). The quantitative estimate of drug-likeness (QED) is 0.501. The molecule has 0 aliphatic carbocycles. The second-order valence-corrected chi connectivity index (χ2v) is 4.23. The van der Waals surface area contributed by atoms with Gasteiger partial charge in [-0.15, -0.1) is 0 Å². The molecule has 24 heavy (non-hydrogen) atoms. The summed E-state index contributed by atoms with van der Waals surface area (Å²) in [5.74, 6) is 7.60. The van der Waals surface area contributed by atoms with E-state index in [-0.39, 0.29) is 0 Å². The normalized spacial score (nSPS) is 7.50. The summed E-state index contributed by atoms with van der Waals surface area (Å²) in [6.07, 6.45) is 8.75. The monoisotopic (exact) mass is 309 g/mol. The van der Waals surface area contributed by atoms with E-state index in [0.717, 1.165) is 0 Å². The molecule has 114 valence electrons. The van der Waals surface area contributed by atoms with Crippen molar-refractivity contribution in [2.45, 2.75) is 0 Å². The molecule has 3 heterocycles. The van der Waals surface area contributed by atoms with E-state index in [4.69, 9.17) is 0 Å². The molecule has 3 aromatic heterocycles. The molecule has 0 fully saturated rings. The zero-order valence-corrected chi connectivity index (χ0v) is 13.5. The molecule has 0 unspecified atom stereocenters. The molecule has 0 saturated carbocycles. The van der Waals surface area contributed by atoms with Crippen LogP contribution in [0.2, 0.25) is 0 Å². The molecular weight excluding hydrogens is 291 g/mol. The third-order valence-electron chi connectivity index (χ3n) is 2.37. The van der Waals surface area contributed by atoms with Crippen LogP contribution in [0.25, 0.3) is 0 Å². The van der Waals surface area contributed by atoms with Gasteiger partial charge in [-0.3, -0.25) is 0 Å². The summed E-state index contributed by atoms with van der Waals surface area (Å²) in [6, 6.07) is 17.7. The Hall–Kier alpha value is -2.75. The zero-order chi connectivity index (χ0) is 17.0. The average molecular weight is 309 g/mol. The van der Waals surface area contributed by atoms with Gasteiger partial charge in [-0.05, 0) is 0 Å². The van der Waals surface area contributed by atoms with E-state index >= 15 is 0 Å². The summed E-state index contributed by atoms with van der Waals surface area (Å²) >= 11 is 0. The number of benzene rings is 1. The molecule has 4 aromatic rings. The van der Waals surface area contributed by atoms with Crippen molar-refractivity contribution in [1.29, 1.82) is 0 Å². The van der Waals surface area contributed by atoms with Gasteiger partial charge in [0.05, 0.1) is 0 Å². The van der Waals surface area contributed by atoms with Crippen LogP contribution in [0.5, 0.6) is 0 Å². The number of hydrogen-bond donors (Lipinski definition) is 0. The Balaban J connectivity index is 0.000000160. The van der Waals surface area contributed by atoms with E-state index in [2.05, 4.69) is 14.9 Å². The fourth-order valence-corrected chi connectivity index (χ4v) is 1.32. The molecule has 3 nitrogen and oxygen atoms in total. The zero-order valence-electron chi connectivity index (χ0n) is 13.5. The topological polar surface area (TPSA) is 38.7 Å². The Kier molecular flexibility index (Phi) is 13.4. The summed E-state index contributed by atoms with van der Waals surface area (Å²) in [6.45, 7) is 3.83. The van der Waals surface area contributed by atoms with Crippen molar-refractivity contribution in [2.75, 3.05) is 0 Å². The second kappa shape index (κ2) is 16.6. The molecule has 0 N–H and O–H groups in total. The molecular formula is C18H18B3N3. The number of hydrogen-bond acceptors (Lipinski definition) is 3. The van der Waals surface area contributed by atoms with E-state index in [0.29, 0.717) is 0 Å². The Morgan fingerprint density at radius 2 is 1.17 bits per heavy atom. The fourth-order valence-electron chi connectivity index (χ4n) is 1.32. The molecule has 0 radical (unpaired) electrons. The standard InChI is InChI=1S/C6H6.3C4H4BN/c1-2-4-6-5-3-1;1-3-6-4-2-5-1;1-2-5-4-6-3-1;1-2-4-6-5-3-1/h1-6H;3*1-4H. The summed E-state index contributed by atoms with van der Waals surface area (Å²) in [7, 11) is 1.75. The molecule has 0 spiro atoms. The molecule has 6 heteroatoms. The molecule has 0 bridgehead atoms. The fraction of sp³-hybridized carbons (Fsp3) is 0. The Morgan fingerprint density at radius 3 is 1.33 bits per heavy atom. The van der Waals surface area contributed by atoms with Crippen LogP contribution in [0.3, 0.4) is 0 Å². The minimum absolute atomic E-state index is 1.75. The molecule has 0 atom stereocenters. The second-order valence-electron chi connectivity index (χ2n) is 4.23. The van der Waals surface area contributed by atoms with Gasteiger partial charge in [0.1, 0.15) is 0 Å². The van der Waals surface area contributed by atoms with Crippen molar-refractivity contribution in [1.82, 2.24) is 14.9 Å². The molecule has 0 saturated heterocycles. The van der Waals surface area contributed by atoms with E-state index in [1.807, 2.05) is 92.3 Å². The maximum atomic E-state index is 3.78. The molecule has 0 aliphatic heterocycles. The predicted octanol–water partition coefficient (Wildman–Crippen LogP) is 2.95. The SMILES string of the molecule is b1ccccn1.b1cccnc1.b1ccncc1.c1ccccc1. The van der Waals surface area contributed by atoms with Gasteiger partial charge in [-0.1, -0.05) is 36.4 Å². The first-order valence-corrected chi connectivity index (χ1v) is 7.55. The maximum absolute atomic E-state index is 3.78. The minimum atomic E-state index is 1.75. The van der Waals surface area contributed by atoms with Crippen LogP contribution in [0.15, 0.2) is 109 Å². The molecule has 0 aliphatic rings. The van der Waals surface area contributed by atoms with Gasteiger partial charge in [0.15, 0.2) is 0 Å². The predicted molar refractivity (Wildman–Crippen MR) is 103 cm³/mol. The third-order valence-corrected chi connectivity index (χ3v) is 2.37. The van der Waals surface area contributed by atoms with Gasteiger partial charge in [-0.25, -0.2) is 0 Å². The molecule has 1 aromatic carbocycles. The largest absolute Gasteiger partial charge is 0.0623 e. The van der Waals surface area contributed by atoms with Crippen molar-refractivity contribution in [2.24, 2.45) is 0 Å². The van der Waals surface area contributed by atoms with E-state index < -0.39 is 0 Å². The molecule has 0 amide bonds. The van der Waals surface area contributed by atoms with Crippen molar-refractivity contribution < 1.29 is 0 Å². The summed E-state index contributed by atoms with van der Waals surface area (Å²) in [5.41, 5.74) is 0. The Bertz CT molecular complexity index is 439. The van der Waals surface area contributed by atoms with Gasteiger partial charge in [-0.2, -0.15) is 0 Å². The third kappa shape index (κ3) is 14.2. The van der Waals surface area contributed by atoms with E-state index in [9.17, 15) is 0 Å². The smallest absolute Gasteiger partial charge is 0.0623 e.